The van der Waals surface area contributed by atoms with Gasteiger partial charge in [0.05, 0.1) is 12.7 Å². The second kappa shape index (κ2) is 5.67. The van der Waals surface area contributed by atoms with E-state index in [2.05, 4.69) is 21.2 Å². The number of methoxy groups -OCH3 is 1. The van der Waals surface area contributed by atoms with Crippen molar-refractivity contribution in [1.29, 1.82) is 0 Å². The van der Waals surface area contributed by atoms with Gasteiger partial charge in [0.1, 0.15) is 11.8 Å². The molecule has 1 atom stereocenters. The first-order valence-electron chi connectivity index (χ1n) is 4.83. The van der Waals surface area contributed by atoms with Gasteiger partial charge in [-0.15, -0.1) is 0 Å². The lowest BCUT2D eigenvalue weighted by atomic mass is 10.2. The monoisotopic (exact) mass is 301 g/mol. The van der Waals surface area contributed by atoms with Crippen molar-refractivity contribution in [2.24, 2.45) is 0 Å². The highest BCUT2D eigenvalue weighted by molar-refractivity contribution is 9.10. The summed E-state index contributed by atoms with van der Waals surface area (Å²) in [4.78, 5) is 22.4. The van der Waals surface area contributed by atoms with E-state index in [9.17, 15) is 9.59 Å². The van der Waals surface area contributed by atoms with E-state index in [1.165, 1.54) is 20.1 Å². The van der Waals surface area contributed by atoms with Crippen LogP contribution in [0.5, 0.6) is 5.75 Å². The van der Waals surface area contributed by atoms with Crippen molar-refractivity contribution in [2.45, 2.75) is 13.0 Å². The summed E-state index contributed by atoms with van der Waals surface area (Å²) in [5.41, 5.74) is 0.331. The van der Waals surface area contributed by atoms with Gasteiger partial charge in [0, 0.05) is 4.47 Å². The highest BCUT2D eigenvalue weighted by atomic mass is 79.9. The summed E-state index contributed by atoms with van der Waals surface area (Å²) in [5, 5.41) is 11.1. The molecule has 0 aliphatic heterocycles. The van der Waals surface area contributed by atoms with Crippen LogP contribution in [0.2, 0.25) is 0 Å². The molecule has 0 saturated heterocycles. The minimum absolute atomic E-state index is 0.331. The number of benzene rings is 1. The Morgan fingerprint density at radius 2 is 2.12 bits per heavy atom. The van der Waals surface area contributed by atoms with Crippen molar-refractivity contribution in [3.8, 4) is 5.75 Å². The SMILES string of the molecule is COc1ccc(Br)c(C(=O)N[C@H](C)C(=O)O)c1. The van der Waals surface area contributed by atoms with E-state index in [4.69, 9.17) is 9.84 Å². The molecular weight excluding hydrogens is 290 g/mol. The van der Waals surface area contributed by atoms with Crippen LogP contribution in [0, 0.1) is 0 Å². The number of amides is 1. The van der Waals surface area contributed by atoms with Gasteiger partial charge in [-0.25, -0.2) is 0 Å². The van der Waals surface area contributed by atoms with E-state index in [0.29, 0.717) is 15.8 Å². The fraction of sp³-hybridized carbons (Fsp3) is 0.273. The fourth-order valence-electron chi connectivity index (χ4n) is 1.14. The minimum Gasteiger partial charge on any atom is -0.497 e. The summed E-state index contributed by atoms with van der Waals surface area (Å²) in [6.07, 6.45) is 0. The van der Waals surface area contributed by atoms with E-state index in [0.717, 1.165) is 0 Å². The maximum atomic E-state index is 11.8. The number of rotatable bonds is 4. The number of aliphatic carboxylic acids is 1. The normalized spacial score (nSPS) is 11.7. The summed E-state index contributed by atoms with van der Waals surface area (Å²) in [7, 11) is 1.49. The van der Waals surface area contributed by atoms with Crippen LogP contribution in [-0.4, -0.2) is 30.1 Å². The molecule has 1 aromatic rings. The molecular formula is C11H12BrNO4. The number of nitrogens with one attached hydrogen (secondary N) is 1. The number of carbonyl (C=O) groups excluding carboxylic acids is 1. The third-order valence-corrected chi connectivity index (χ3v) is 2.83. The maximum Gasteiger partial charge on any atom is 0.325 e. The molecule has 0 unspecified atom stereocenters. The Morgan fingerprint density at radius 1 is 1.47 bits per heavy atom. The van der Waals surface area contributed by atoms with Crippen molar-refractivity contribution >= 4 is 27.8 Å². The maximum absolute atomic E-state index is 11.8. The molecule has 0 radical (unpaired) electrons. The van der Waals surface area contributed by atoms with Crippen molar-refractivity contribution in [2.75, 3.05) is 7.11 Å². The Morgan fingerprint density at radius 3 is 2.65 bits per heavy atom. The highest BCUT2D eigenvalue weighted by Crippen LogP contribution is 2.22. The number of halogens is 1. The first-order chi connectivity index (χ1) is 7.95. The average molecular weight is 302 g/mol. The summed E-state index contributed by atoms with van der Waals surface area (Å²) < 4.78 is 5.57. The molecule has 0 fully saturated rings. The highest BCUT2D eigenvalue weighted by Gasteiger charge is 2.17. The second-order valence-electron chi connectivity index (χ2n) is 3.38. The van der Waals surface area contributed by atoms with Crippen molar-refractivity contribution in [3.63, 3.8) is 0 Å². The van der Waals surface area contributed by atoms with E-state index in [1.54, 1.807) is 12.1 Å². The third kappa shape index (κ3) is 3.45. The third-order valence-electron chi connectivity index (χ3n) is 2.14. The van der Waals surface area contributed by atoms with Crippen LogP contribution in [0.4, 0.5) is 0 Å². The van der Waals surface area contributed by atoms with Gasteiger partial charge >= 0.3 is 5.97 Å². The van der Waals surface area contributed by atoms with Crippen molar-refractivity contribution in [3.05, 3.63) is 28.2 Å². The zero-order valence-corrected chi connectivity index (χ0v) is 10.9. The Hall–Kier alpha value is -1.56. The Labute approximate surface area is 107 Å². The van der Waals surface area contributed by atoms with Crippen molar-refractivity contribution < 1.29 is 19.4 Å². The molecule has 0 heterocycles. The molecule has 0 saturated carbocycles. The number of ether oxygens (including phenoxy) is 1. The summed E-state index contributed by atoms with van der Waals surface area (Å²) in [6, 6.07) is 3.95. The lowest BCUT2D eigenvalue weighted by molar-refractivity contribution is -0.138. The van der Waals surface area contributed by atoms with Crippen LogP contribution >= 0.6 is 15.9 Å². The number of hydrogen-bond donors (Lipinski definition) is 2. The Kier molecular flexibility index (Phi) is 4.51. The average Bonchev–Trinajstić information content (AvgIpc) is 2.29. The molecule has 0 aliphatic carbocycles. The zero-order valence-electron chi connectivity index (χ0n) is 9.36. The molecule has 1 aromatic carbocycles. The second-order valence-corrected chi connectivity index (χ2v) is 4.23. The van der Waals surface area contributed by atoms with Gasteiger partial charge in [-0.3, -0.25) is 9.59 Å². The molecule has 92 valence electrons. The number of hydrogen-bond acceptors (Lipinski definition) is 3. The number of carboxylic acid groups (broad SMARTS) is 1. The first kappa shape index (κ1) is 13.5. The van der Waals surface area contributed by atoms with Crippen molar-refractivity contribution in [1.82, 2.24) is 5.32 Å². The van der Waals surface area contributed by atoms with E-state index >= 15 is 0 Å². The summed E-state index contributed by atoms with van der Waals surface area (Å²) >= 11 is 3.22. The van der Waals surface area contributed by atoms with Gasteiger partial charge < -0.3 is 15.2 Å². The lowest BCUT2D eigenvalue weighted by Crippen LogP contribution is -2.38. The van der Waals surface area contributed by atoms with Gasteiger partial charge in [-0.1, -0.05) is 0 Å². The van der Waals surface area contributed by atoms with Crippen LogP contribution in [0.25, 0.3) is 0 Å². The van der Waals surface area contributed by atoms with Crippen LogP contribution in [-0.2, 0) is 4.79 Å². The Balaban J connectivity index is 2.91. The summed E-state index contributed by atoms with van der Waals surface area (Å²) in [5.74, 6) is -1.02. The lowest BCUT2D eigenvalue weighted by Gasteiger charge is -2.11. The van der Waals surface area contributed by atoms with Gasteiger partial charge in [0.25, 0.3) is 5.91 Å². The van der Waals surface area contributed by atoms with Crippen LogP contribution in [0.15, 0.2) is 22.7 Å². The zero-order chi connectivity index (χ0) is 13.0. The topological polar surface area (TPSA) is 75.6 Å². The molecule has 6 heteroatoms. The molecule has 0 aromatic heterocycles. The van der Waals surface area contributed by atoms with Gasteiger partial charge in [0.2, 0.25) is 0 Å². The predicted octanol–water partition coefficient (Wildman–Crippen LogP) is 1.66. The quantitative estimate of drug-likeness (QED) is 0.887. The van der Waals surface area contributed by atoms with E-state index in [1.807, 2.05) is 0 Å². The van der Waals surface area contributed by atoms with Gasteiger partial charge in [-0.05, 0) is 41.1 Å². The Bertz CT molecular complexity index is 447. The van der Waals surface area contributed by atoms with Gasteiger partial charge in [-0.2, -0.15) is 0 Å². The molecule has 0 spiro atoms. The smallest absolute Gasteiger partial charge is 0.325 e. The van der Waals surface area contributed by atoms with Gasteiger partial charge in [0.15, 0.2) is 0 Å². The molecule has 2 N–H and O–H groups in total. The molecule has 0 aliphatic rings. The number of carbonyl (C=O) groups is 2. The fourth-order valence-corrected chi connectivity index (χ4v) is 1.57. The van der Waals surface area contributed by atoms with Crippen LogP contribution in [0.1, 0.15) is 17.3 Å². The van der Waals surface area contributed by atoms with E-state index < -0.39 is 17.9 Å². The van der Waals surface area contributed by atoms with E-state index in [-0.39, 0.29) is 0 Å². The first-order valence-corrected chi connectivity index (χ1v) is 5.62. The standard InChI is InChI=1S/C11H12BrNO4/c1-6(11(15)16)13-10(14)8-5-7(17-2)3-4-9(8)12/h3-6H,1-2H3,(H,13,14)(H,15,16)/t6-/m1/s1. The van der Waals surface area contributed by atoms with Crippen LogP contribution in [0.3, 0.4) is 0 Å². The largest absolute Gasteiger partial charge is 0.497 e. The molecule has 1 rings (SSSR count). The molecule has 5 nitrogen and oxygen atoms in total. The predicted molar refractivity (Wildman–Crippen MR) is 65.3 cm³/mol. The molecule has 17 heavy (non-hydrogen) atoms. The molecule has 0 bridgehead atoms. The number of carboxylic acids is 1. The summed E-state index contributed by atoms with van der Waals surface area (Å²) in [6.45, 7) is 1.40. The minimum atomic E-state index is -1.09. The molecule has 1 amide bonds. The van der Waals surface area contributed by atoms with Crippen LogP contribution < -0.4 is 10.1 Å².